The second kappa shape index (κ2) is 9.47. The molecule has 1 fully saturated rings. The van der Waals surface area contributed by atoms with Crippen LogP contribution in [0.15, 0.2) is 18.2 Å². The van der Waals surface area contributed by atoms with Crippen molar-refractivity contribution in [2.24, 2.45) is 5.73 Å². The summed E-state index contributed by atoms with van der Waals surface area (Å²) in [4.78, 5) is 14.0. The number of rotatable bonds is 8. The summed E-state index contributed by atoms with van der Waals surface area (Å²) in [5.74, 6) is -0.413. The molecule has 1 aliphatic rings. The molecule has 1 aliphatic heterocycles. The SMILES string of the molecule is NCCCCCCC(=O)Nc1cc(F)cc(N2CCOCC2)c1. The van der Waals surface area contributed by atoms with Crippen molar-refractivity contribution in [1.82, 2.24) is 0 Å². The average molecular weight is 323 g/mol. The predicted octanol–water partition coefficient (Wildman–Crippen LogP) is 2.51. The molecule has 23 heavy (non-hydrogen) atoms. The number of carbonyl (C=O) groups excluding carboxylic acids is 1. The maximum absolute atomic E-state index is 13.8. The van der Waals surface area contributed by atoms with Crippen LogP contribution in [0, 0.1) is 5.82 Å². The van der Waals surface area contributed by atoms with E-state index in [1.165, 1.54) is 12.1 Å². The van der Waals surface area contributed by atoms with E-state index in [0.29, 0.717) is 31.9 Å². The summed E-state index contributed by atoms with van der Waals surface area (Å²) in [5.41, 5.74) is 6.73. The first-order chi connectivity index (χ1) is 11.2. The number of hydrogen-bond acceptors (Lipinski definition) is 4. The van der Waals surface area contributed by atoms with Gasteiger partial charge in [-0.1, -0.05) is 12.8 Å². The number of nitrogens with one attached hydrogen (secondary N) is 1. The van der Waals surface area contributed by atoms with Gasteiger partial charge >= 0.3 is 0 Å². The first kappa shape index (κ1) is 17.7. The highest BCUT2D eigenvalue weighted by Crippen LogP contribution is 2.23. The summed E-state index contributed by atoms with van der Waals surface area (Å²) in [7, 11) is 0. The summed E-state index contributed by atoms with van der Waals surface area (Å²) in [5, 5.41) is 2.79. The molecule has 1 saturated heterocycles. The highest BCUT2D eigenvalue weighted by atomic mass is 19.1. The molecule has 0 unspecified atom stereocenters. The number of nitrogens with zero attached hydrogens (tertiary/aromatic N) is 1. The lowest BCUT2D eigenvalue weighted by atomic mass is 10.1. The third-order valence-corrected chi connectivity index (χ3v) is 3.90. The standard InChI is InChI=1S/C17H26FN3O2/c18-14-11-15(20-17(22)5-3-1-2-4-6-19)13-16(12-14)21-7-9-23-10-8-21/h11-13H,1-10,19H2,(H,20,22). The van der Waals surface area contributed by atoms with Crippen LogP contribution in [-0.4, -0.2) is 38.8 Å². The monoisotopic (exact) mass is 323 g/mol. The largest absolute Gasteiger partial charge is 0.378 e. The van der Waals surface area contributed by atoms with E-state index in [1.54, 1.807) is 0 Å². The van der Waals surface area contributed by atoms with Gasteiger partial charge in [0.2, 0.25) is 5.91 Å². The fraction of sp³-hybridized carbons (Fsp3) is 0.588. The number of benzene rings is 1. The molecule has 1 amide bonds. The Kier molecular flexibility index (Phi) is 7.29. The Morgan fingerprint density at radius 1 is 1.17 bits per heavy atom. The number of carbonyl (C=O) groups is 1. The number of nitrogens with two attached hydrogens (primary N) is 1. The van der Waals surface area contributed by atoms with Crippen LogP contribution >= 0.6 is 0 Å². The zero-order valence-electron chi connectivity index (χ0n) is 13.5. The van der Waals surface area contributed by atoms with Crippen molar-refractivity contribution in [3.63, 3.8) is 0 Å². The zero-order valence-corrected chi connectivity index (χ0v) is 13.5. The van der Waals surface area contributed by atoms with Gasteiger partial charge < -0.3 is 20.7 Å². The number of hydrogen-bond donors (Lipinski definition) is 2. The summed E-state index contributed by atoms with van der Waals surface area (Å²) >= 11 is 0. The van der Waals surface area contributed by atoms with Crippen LogP contribution in [0.5, 0.6) is 0 Å². The van der Waals surface area contributed by atoms with E-state index in [4.69, 9.17) is 10.5 Å². The number of morpholine rings is 1. The van der Waals surface area contributed by atoms with E-state index in [9.17, 15) is 9.18 Å². The summed E-state index contributed by atoms with van der Waals surface area (Å²) in [6, 6.07) is 4.67. The number of unbranched alkanes of at least 4 members (excludes halogenated alkanes) is 3. The third kappa shape index (κ3) is 6.15. The van der Waals surface area contributed by atoms with Gasteiger partial charge in [0, 0.05) is 30.9 Å². The number of ether oxygens (including phenoxy) is 1. The fourth-order valence-corrected chi connectivity index (χ4v) is 2.66. The van der Waals surface area contributed by atoms with E-state index in [-0.39, 0.29) is 11.7 Å². The Hall–Kier alpha value is -1.66. The fourth-order valence-electron chi connectivity index (χ4n) is 2.66. The van der Waals surface area contributed by atoms with Crippen LogP contribution < -0.4 is 16.0 Å². The zero-order chi connectivity index (χ0) is 16.5. The summed E-state index contributed by atoms with van der Waals surface area (Å²) < 4.78 is 19.1. The average Bonchev–Trinajstić information content (AvgIpc) is 2.55. The van der Waals surface area contributed by atoms with Gasteiger partial charge in [0.05, 0.1) is 13.2 Å². The van der Waals surface area contributed by atoms with Gasteiger partial charge in [0.15, 0.2) is 0 Å². The van der Waals surface area contributed by atoms with Gasteiger partial charge in [-0.05, 0) is 37.6 Å². The molecule has 0 spiro atoms. The Morgan fingerprint density at radius 2 is 1.91 bits per heavy atom. The first-order valence-electron chi connectivity index (χ1n) is 8.32. The Labute approximate surface area is 137 Å². The molecule has 1 heterocycles. The lowest BCUT2D eigenvalue weighted by Gasteiger charge is -2.29. The summed E-state index contributed by atoms with van der Waals surface area (Å²) in [6.07, 6.45) is 4.32. The minimum absolute atomic E-state index is 0.0729. The predicted molar refractivity (Wildman–Crippen MR) is 90.2 cm³/mol. The molecule has 0 aromatic heterocycles. The topological polar surface area (TPSA) is 67.6 Å². The van der Waals surface area contributed by atoms with E-state index in [0.717, 1.165) is 44.5 Å². The van der Waals surface area contributed by atoms with Crippen molar-refractivity contribution in [2.75, 3.05) is 43.1 Å². The van der Waals surface area contributed by atoms with E-state index in [2.05, 4.69) is 10.2 Å². The molecule has 0 radical (unpaired) electrons. The highest BCUT2D eigenvalue weighted by molar-refractivity contribution is 5.91. The normalized spacial score (nSPS) is 14.8. The van der Waals surface area contributed by atoms with Crippen molar-refractivity contribution in [3.05, 3.63) is 24.0 Å². The van der Waals surface area contributed by atoms with Gasteiger partial charge in [0.1, 0.15) is 5.82 Å². The lowest BCUT2D eigenvalue weighted by Crippen LogP contribution is -2.36. The lowest BCUT2D eigenvalue weighted by molar-refractivity contribution is -0.116. The third-order valence-electron chi connectivity index (χ3n) is 3.90. The molecule has 0 bridgehead atoms. The van der Waals surface area contributed by atoms with Gasteiger partial charge in [-0.2, -0.15) is 0 Å². The molecule has 0 atom stereocenters. The van der Waals surface area contributed by atoms with Crippen LogP contribution in [0.25, 0.3) is 0 Å². The minimum atomic E-state index is -0.341. The molecule has 6 heteroatoms. The number of anilines is 2. The number of halogens is 1. The maximum atomic E-state index is 13.8. The van der Waals surface area contributed by atoms with Crippen molar-refractivity contribution in [1.29, 1.82) is 0 Å². The molecule has 3 N–H and O–H groups in total. The van der Waals surface area contributed by atoms with Gasteiger partial charge in [0.25, 0.3) is 0 Å². The van der Waals surface area contributed by atoms with Crippen molar-refractivity contribution >= 4 is 17.3 Å². The molecule has 1 aromatic carbocycles. The molecule has 2 rings (SSSR count). The Bertz CT molecular complexity index is 505. The van der Waals surface area contributed by atoms with Crippen LogP contribution in [0.1, 0.15) is 32.1 Å². The Balaban J connectivity index is 1.86. The molecule has 0 saturated carbocycles. The van der Waals surface area contributed by atoms with E-state index >= 15 is 0 Å². The molecular formula is C17H26FN3O2. The van der Waals surface area contributed by atoms with Crippen LogP contribution in [-0.2, 0) is 9.53 Å². The van der Waals surface area contributed by atoms with E-state index in [1.807, 2.05) is 6.07 Å². The van der Waals surface area contributed by atoms with Gasteiger partial charge in [-0.15, -0.1) is 0 Å². The number of amides is 1. The Morgan fingerprint density at radius 3 is 2.65 bits per heavy atom. The second-order valence-corrected chi connectivity index (χ2v) is 5.80. The van der Waals surface area contributed by atoms with Crippen molar-refractivity contribution in [2.45, 2.75) is 32.1 Å². The van der Waals surface area contributed by atoms with Crippen molar-refractivity contribution in [3.8, 4) is 0 Å². The molecule has 0 aliphatic carbocycles. The molecule has 5 nitrogen and oxygen atoms in total. The van der Waals surface area contributed by atoms with Crippen molar-refractivity contribution < 1.29 is 13.9 Å². The maximum Gasteiger partial charge on any atom is 0.224 e. The van der Waals surface area contributed by atoms with Gasteiger partial charge in [-0.25, -0.2) is 4.39 Å². The second-order valence-electron chi connectivity index (χ2n) is 5.80. The van der Waals surface area contributed by atoms with Crippen LogP contribution in [0.3, 0.4) is 0 Å². The molecule has 1 aromatic rings. The van der Waals surface area contributed by atoms with Gasteiger partial charge in [-0.3, -0.25) is 4.79 Å². The van der Waals surface area contributed by atoms with Crippen LogP contribution in [0.4, 0.5) is 15.8 Å². The van der Waals surface area contributed by atoms with E-state index < -0.39 is 0 Å². The minimum Gasteiger partial charge on any atom is -0.378 e. The molecule has 128 valence electrons. The first-order valence-corrected chi connectivity index (χ1v) is 8.32. The summed E-state index contributed by atoms with van der Waals surface area (Å²) in [6.45, 7) is 3.44. The quantitative estimate of drug-likeness (QED) is 0.721. The smallest absolute Gasteiger partial charge is 0.224 e. The van der Waals surface area contributed by atoms with Crippen LogP contribution in [0.2, 0.25) is 0 Å². The molecular weight excluding hydrogens is 297 g/mol. The highest BCUT2D eigenvalue weighted by Gasteiger charge is 2.13.